The molecular weight excluding hydrogens is 238 g/mol. The van der Waals surface area contributed by atoms with E-state index in [0.717, 1.165) is 0 Å². The van der Waals surface area contributed by atoms with Gasteiger partial charge in [-0.3, -0.25) is 14.4 Å². The summed E-state index contributed by atoms with van der Waals surface area (Å²) in [4.78, 5) is 32.5. The van der Waals surface area contributed by atoms with Crippen molar-refractivity contribution in [2.45, 2.75) is 19.3 Å². The maximum Gasteiger partial charge on any atom is 0.308 e. The summed E-state index contributed by atoms with van der Waals surface area (Å²) >= 11 is 0. The number of benzene rings is 1. The zero-order chi connectivity index (χ0) is 13.7. The van der Waals surface area contributed by atoms with Crippen LogP contribution in [0.15, 0.2) is 24.3 Å². The van der Waals surface area contributed by atoms with Crippen LogP contribution in [0.3, 0.4) is 0 Å². The molecule has 1 rings (SSSR count). The monoisotopic (exact) mass is 251 g/mol. The number of hydrogen-bond acceptors (Lipinski definition) is 4. The third kappa shape index (κ3) is 3.89. The fraction of sp³-hybridized carbons (Fsp3) is 0.250. The van der Waals surface area contributed by atoms with Gasteiger partial charge < -0.3 is 15.6 Å². The van der Waals surface area contributed by atoms with Gasteiger partial charge in [-0.15, -0.1) is 0 Å². The first-order valence-corrected chi connectivity index (χ1v) is 5.19. The second kappa shape index (κ2) is 5.81. The van der Waals surface area contributed by atoms with E-state index in [1.165, 1.54) is 31.2 Å². The highest BCUT2D eigenvalue weighted by atomic mass is 16.5. The van der Waals surface area contributed by atoms with Crippen LogP contribution in [0.1, 0.15) is 24.8 Å². The Morgan fingerprint density at radius 2 is 1.83 bits per heavy atom. The Bertz CT molecular complexity index is 466. The summed E-state index contributed by atoms with van der Waals surface area (Å²) in [5.74, 6) is -2.85. The number of aliphatic carboxylic acids is 1. The molecule has 6 nitrogen and oxygen atoms in total. The van der Waals surface area contributed by atoms with Crippen LogP contribution in [-0.2, 0) is 14.4 Å². The van der Waals surface area contributed by atoms with Crippen LogP contribution in [0.2, 0.25) is 0 Å². The minimum Gasteiger partial charge on any atom is -0.481 e. The molecular formula is C12H13NO5. The second-order valence-electron chi connectivity index (χ2n) is 3.72. The third-order valence-corrected chi connectivity index (χ3v) is 2.27. The van der Waals surface area contributed by atoms with Gasteiger partial charge >= 0.3 is 11.9 Å². The third-order valence-electron chi connectivity index (χ3n) is 2.27. The normalized spacial score (nSPS) is 11.6. The van der Waals surface area contributed by atoms with E-state index in [1.54, 1.807) is 0 Å². The van der Waals surface area contributed by atoms with Crippen molar-refractivity contribution < 1.29 is 24.2 Å². The molecule has 0 aliphatic rings. The molecule has 1 atom stereocenters. The molecule has 0 aromatic heterocycles. The standard InChI is InChI=1S/C12H13NO5/c1-7(14)18-9-4-2-8(3-5-9)10(12(13)17)6-11(15)16/h2-5,10H,6H2,1H3,(H2,13,17)(H,15,16). The van der Waals surface area contributed by atoms with Crippen LogP contribution >= 0.6 is 0 Å². The number of hydrogen-bond donors (Lipinski definition) is 2. The summed E-state index contributed by atoms with van der Waals surface area (Å²) in [6, 6.07) is 5.98. The molecule has 0 spiro atoms. The number of primary amides is 1. The number of esters is 1. The van der Waals surface area contributed by atoms with Gasteiger partial charge in [-0.2, -0.15) is 0 Å². The number of rotatable bonds is 5. The van der Waals surface area contributed by atoms with Crippen molar-refractivity contribution in [1.29, 1.82) is 0 Å². The number of ether oxygens (including phenoxy) is 1. The van der Waals surface area contributed by atoms with Crippen molar-refractivity contribution in [2.75, 3.05) is 0 Å². The summed E-state index contributed by atoms with van der Waals surface area (Å²) < 4.78 is 4.82. The maximum absolute atomic E-state index is 11.2. The number of carbonyl (C=O) groups is 3. The van der Waals surface area contributed by atoms with E-state index in [1.807, 2.05) is 0 Å². The van der Waals surface area contributed by atoms with Crippen molar-refractivity contribution in [3.8, 4) is 5.75 Å². The lowest BCUT2D eigenvalue weighted by Crippen LogP contribution is -2.23. The van der Waals surface area contributed by atoms with Gasteiger partial charge in [0.05, 0.1) is 12.3 Å². The Labute approximate surface area is 103 Å². The van der Waals surface area contributed by atoms with E-state index >= 15 is 0 Å². The van der Waals surface area contributed by atoms with Crippen LogP contribution in [-0.4, -0.2) is 23.0 Å². The summed E-state index contributed by atoms with van der Waals surface area (Å²) in [6.45, 7) is 1.27. The molecule has 3 N–H and O–H groups in total. The van der Waals surface area contributed by atoms with Crippen molar-refractivity contribution in [2.24, 2.45) is 5.73 Å². The predicted molar refractivity (Wildman–Crippen MR) is 61.9 cm³/mol. The molecule has 0 aliphatic heterocycles. The fourth-order valence-corrected chi connectivity index (χ4v) is 1.49. The Kier molecular flexibility index (Phi) is 4.42. The largest absolute Gasteiger partial charge is 0.481 e. The molecule has 6 heteroatoms. The van der Waals surface area contributed by atoms with Gasteiger partial charge in [0.2, 0.25) is 5.91 Å². The lowest BCUT2D eigenvalue weighted by atomic mass is 9.95. The molecule has 0 fully saturated rings. The number of carbonyl (C=O) groups excluding carboxylic acids is 2. The predicted octanol–water partition coefficient (Wildman–Crippen LogP) is 0.655. The van der Waals surface area contributed by atoms with E-state index in [9.17, 15) is 14.4 Å². The van der Waals surface area contributed by atoms with Gasteiger partial charge in [0.15, 0.2) is 0 Å². The van der Waals surface area contributed by atoms with Gasteiger partial charge in [-0.25, -0.2) is 0 Å². The van der Waals surface area contributed by atoms with E-state index in [0.29, 0.717) is 11.3 Å². The molecule has 96 valence electrons. The highest BCUT2D eigenvalue weighted by Gasteiger charge is 2.21. The zero-order valence-electron chi connectivity index (χ0n) is 9.75. The Morgan fingerprint density at radius 3 is 2.22 bits per heavy atom. The molecule has 0 aliphatic carbocycles. The quantitative estimate of drug-likeness (QED) is 0.590. The van der Waals surface area contributed by atoms with Gasteiger partial charge in [-0.1, -0.05) is 12.1 Å². The number of carboxylic acid groups (broad SMARTS) is 1. The SMILES string of the molecule is CC(=O)Oc1ccc(C(CC(=O)O)C(N)=O)cc1. The maximum atomic E-state index is 11.2. The van der Waals surface area contributed by atoms with Crippen LogP contribution in [0.25, 0.3) is 0 Å². The van der Waals surface area contributed by atoms with E-state index < -0.39 is 23.8 Å². The Hall–Kier alpha value is -2.37. The molecule has 0 bridgehead atoms. The van der Waals surface area contributed by atoms with Gasteiger partial charge in [0.1, 0.15) is 5.75 Å². The first-order valence-electron chi connectivity index (χ1n) is 5.19. The topological polar surface area (TPSA) is 107 Å². The smallest absolute Gasteiger partial charge is 0.308 e. The van der Waals surface area contributed by atoms with Crippen molar-refractivity contribution >= 4 is 17.8 Å². The van der Waals surface area contributed by atoms with Crippen molar-refractivity contribution in [1.82, 2.24) is 0 Å². The van der Waals surface area contributed by atoms with Crippen LogP contribution in [0.5, 0.6) is 5.75 Å². The van der Waals surface area contributed by atoms with Gasteiger partial charge in [-0.05, 0) is 17.7 Å². The molecule has 0 saturated carbocycles. The molecule has 1 aromatic carbocycles. The van der Waals surface area contributed by atoms with Crippen molar-refractivity contribution in [3.05, 3.63) is 29.8 Å². The Balaban J connectivity index is 2.90. The van der Waals surface area contributed by atoms with Gasteiger partial charge in [0, 0.05) is 6.92 Å². The molecule has 18 heavy (non-hydrogen) atoms. The average Bonchev–Trinajstić information content (AvgIpc) is 2.26. The zero-order valence-corrected chi connectivity index (χ0v) is 9.75. The van der Waals surface area contributed by atoms with E-state index in [-0.39, 0.29) is 6.42 Å². The lowest BCUT2D eigenvalue weighted by Gasteiger charge is -2.11. The summed E-state index contributed by atoms with van der Waals surface area (Å²) in [5.41, 5.74) is 5.62. The average molecular weight is 251 g/mol. The number of carboxylic acids is 1. The first-order chi connectivity index (χ1) is 8.40. The second-order valence-corrected chi connectivity index (χ2v) is 3.72. The summed E-state index contributed by atoms with van der Waals surface area (Å²) in [7, 11) is 0. The van der Waals surface area contributed by atoms with Gasteiger partial charge in [0.25, 0.3) is 0 Å². The minimum absolute atomic E-state index is 0.324. The fourth-order valence-electron chi connectivity index (χ4n) is 1.49. The first kappa shape index (κ1) is 13.7. The lowest BCUT2D eigenvalue weighted by molar-refractivity contribution is -0.139. The number of nitrogens with two attached hydrogens (primary N) is 1. The van der Waals surface area contributed by atoms with Crippen LogP contribution < -0.4 is 10.5 Å². The Morgan fingerprint density at radius 1 is 1.28 bits per heavy atom. The molecule has 1 amide bonds. The summed E-state index contributed by atoms with van der Waals surface area (Å²) in [6.07, 6.45) is -0.373. The number of amides is 1. The van der Waals surface area contributed by atoms with Crippen LogP contribution in [0, 0.1) is 0 Å². The molecule has 0 radical (unpaired) electrons. The van der Waals surface area contributed by atoms with E-state index in [2.05, 4.69) is 0 Å². The molecule has 1 unspecified atom stereocenters. The van der Waals surface area contributed by atoms with Crippen molar-refractivity contribution in [3.63, 3.8) is 0 Å². The van der Waals surface area contributed by atoms with Crippen LogP contribution in [0.4, 0.5) is 0 Å². The molecule has 1 aromatic rings. The summed E-state index contributed by atoms with van der Waals surface area (Å²) in [5, 5.41) is 8.69. The highest BCUT2D eigenvalue weighted by molar-refractivity contribution is 5.86. The molecule has 0 heterocycles. The molecule has 0 saturated heterocycles. The minimum atomic E-state index is -1.11. The van der Waals surface area contributed by atoms with E-state index in [4.69, 9.17) is 15.6 Å². The highest BCUT2D eigenvalue weighted by Crippen LogP contribution is 2.22.